The highest BCUT2D eigenvalue weighted by Gasteiger charge is 2.24. The average Bonchev–Trinajstić information content (AvgIpc) is 2.10. The molecule has 0 saturated heterocycles. The monoisotopic (exact) mass is 230 g/mol. The van der Waals surface area contributed by atoms with Crippen LogP contribution in [-0.2, 0) is 4.79 Å². The van der Waals surface area contributed by atoms with Crippen LogP contribution in [0.25, 0.3) is 0 Å². The van der Waals surface area contributed by atoms with E-state index in [1.54, 1.807) is 19.9 Å². The second kappa shape index (κ2) is 4.62. The Hall–Kier alpha value is -1.09. The van der Waals surface area contributed by atoms with Crippen molar-refractivity contribution in [2.24, 2.45) is 5.92 Å². The van der Waals surface area contributed by atoms with Crippen LogP contribution in [0, 0.1) is 11.7 Å². The van der Waals surface area contributed by atoms with Crippen LogP contribution in [0.2, 0.25) is 5.02 Å². The Morgan fingerprint density at radius 1 is 1.47 bits per heavy atom. The van der Waals surface area contributed by atoms with Crippen LogP contribution >= 0.6 is 11.6 Å². The molecule has 0 bridgehead atoms. The van der Waals surface area contributed by atoms with Crippen molar-refractivity contribution < 1.29 is 14.3 Å². The second-order valence-electron chi connectivity index (χ2n) is 3.73. The van der Waals surface area contributed by atoms with E-state index in [0.717, 1.165) is 0 Å². The molecule has 1 atom stereocenters. The quantitative estimate of drug-likeness (QED) is 0.865. The summed E-state index contributed by atoms with van der Waals surface area (Å²) < 4.78 is 13.1. The molecular formula is C11H12ClFO2. The molecule has 82 valence electrons. The van der Waals surface area contributed by atoms with Crippen LogP contribution in [0.3, 0.4) is 0 Å². The number of carboxylic acids is 1. The van der Waals surface area contributed by atoms with Gasteiger partial charge >= 0.3 is 5.97 Å². The molecule has 0 aromatic heterocycles. The zero-order valence-corrected chi connectivity index (χ0v) is 9.25. The smallest absolute Gasteiger partial charge is 0.311 e. The van der Waals surface area contributed by atoms with E-state index in [9.17, 15) is 9.18 Å². The van der Waals surface area contributed by atoms with Gasteiger partial charge in [0.05, 0.1) is 10.9 Å². The van der Waals surface area contributed by atoms with Crippen LogP contribution in [0.15, 0.2) is 18.2 Å². The van der Waals surface area contributed by atoms with Crippen LogP contribution < -0.4 is 0 Å². The topological polar surface area (TPSA) is 37.3 Å². The Labute approximate surface area is 92.7 Å². The van der Waals surface area contributed by atoms with Crippen molar-refractivity contribution in [1.82, 2.24) is 0 Å². The maximum atomic E-state index is 13.1. The van der Waals surface area contributed by atoms with Crippen LogP contribution in [0.4, 0.5) is 4.39 Å². The molecule has 0 aliphatic heterocycles. The Morgan fingerprint density at radius 2 is 2.07 bits per heavy atom. The minimum Gasteiger partial charge on any atom is -0.481 e. The van der Waals surface area contributed by atoms with E-state index in [-0.39, 0.29) is 10.9 Å². The third kappa shape index (κ3) is 2.69. The number of carbonyl (C=O) groups is 1. The lowest BCUT2D eigenvalue weighted by atomic mass is 9.88. The Morgan fingerprint density at radius 3 is 2.47 bits per heavy atom. The number of carboxylic acid groups (broad SMARTS) is 1. The summed E-state index contributed by atoms with van der Waals surface area (Å²) in [6, 6.07) is 4.11. The van der Waals surface area contributed by atoms with Gasteiger partial charge in [-0.3, -0.25) is 4.79 Å². The molecule has 0 saturated carbocycles. The van der Waals surface area contributed by atoms with Gasteiger partial charge in [-0.15, -0.1) is 0 Å². The summed E-state index contributed by atoms with van der Waals surface area (Å²) in [4.78, 5) is 11.0. The zero-order valence-electron chi connectivity index (χ0n) is 8.50. The summed E-state index contributed by atoms with van der Waals surface area (Å²) >= 11 is 5.52. The van der Waals surface area contributed by atoms with Gasteiger partial charge in [0.15, 0.2) is 0 Å². The van der Waals surface area contributed by atoms with E-state index in [1.807, 2.05) is 0 Å². The fraction of sp³-hybridized carbons (Fsp3) is 0.364. The molecule has 0 fully saturated rings. The van der Waals surface area contributed by atoms with Gasteiger partial charge in [-0.1, -0.05) is 31.5 Å². The number of halogens is 2. The fourth-order valence-electron chi connectivity index (χ4n) is 1.52. The highest BCUT2D eigenvalue weighted by molar-refractivity contribution is 6.30. The highest BCUT2D eigenvalue weighted by atomic mass is 35.5. The highest BCUT2D eigenvalue weighted by Crippen LogP contribution is 2.27. The summed E-state index contributed by atoms with van der Waals surface area (Å²) in [5.41, 5.74) is 0.444. The lowest BCUT2D eigenvalue weighted by Gasteiger charge is -2.16. The van der Waals surface area contributed by atoms with E-state index in [2.05, 4.69) is 0 Å². The molecule has 0 aliphatic carbocycles. The number of hydrogen-bond donors (Lipinski definition) is 1. The number of aliphatic carboxylic acids is 1. The van der Waals surface area contributed by atoms with Crippen molar-refractivity contribution in [3.63, 3.8) is 0 Å². The molecule has 0 heterocycles. The Balaban J connectivity index is 3.12. The van der Waals surface area contributed by atoms with Gasteiger partial charge in [0.1, 0.15) is 5.82 Å². The molecule has 0 aliphatic rings. The largest absolute Gasteiger partial charge is 0.481 e. The maximum Gasteiger partial charge on any atom is 0.311 e. The van der Waals surface area contributed by atoms with E-state index < -0.39 is 17.7 Å². The zero-order chi connectivity index (χ0) is 11.6. The molecule has 0 spiro atoms. The van der Waals surface area contributed by atoms with Crippen molar-refractivity contribution in [3.05, 3.63) is 34.6 Å². The molecule has 1 aromatic carbocycles. The standard InChI is InChI=1S/C11H12ClFO2/c1-6(2)10(11(14)15)7-3-4-8(12)9(13)5-7/h3-6,10H,1-2H3,(H,14,15). The minimum atomic E-state index is -0.952. The minimum absolute atomic E-state index is 0.00615. The first-order valence-corrected chi connectivity index (χ1v) is 4.99. The van der Waals surface area contributed by atoms with Gasteiger partial charge in [0, 0.05) is 0 Å². The van der Waals surface area contributed by atoms with E-state index in [0.29, 0.717) is 5.56 Å². The average molecular weight is 231 g/mol. The van der Waals surface area contributed by atoms with E-state index in [1.165, 1.54) is 12.1 Å². The summed E-state index contributed by atoms with van der Waals surface area (Å²) in [6.45, 7) is 3.57. The molecular weight excluding hydrogens is 219 g/mol. The molecule has 1 N–H and O–H groups in total. The van der Waals surface area contributed by atoms with Crippen LogP contribution in [0.5, 0.6) is 0 Å². The van der Waals surface area contributed by atoms with Crippen molar-refractivity contribution >= 4 is 17.6 Å². The van der Waals surface area contributed by atoms with Crippen molar-refractivity contribution in [2.45, 2.75) is 19.8 Å². The van der Waals surface area contributed by atoms with Gasteiger partial charge in [-0.25, -0.2) is 4.39 Å². The van der Waals surface area contributed by atoms with Crippen molar-refractivity contribution in [2.75, 3.05) is 0 Å². The second-order valence-corrected chi connectivity index (χ2v) is 4.14. The first-order valence-electron chi connectivity index (χ1n) is 4.61. The Bertz CT molecular complexity index is 377. The van der Waals surface area contributed by atoms with Gasteiger partial charge in [-0.2, -0.15) is 0 Å². The predicted molar refractivity (Wildman–Crippen MR) is 56.6 cm³/mol. The van der Waals surface area contributed by atoms with Crippen molar-refractivity contribution in [3.8, 4) is 0 Å². The molecule has 0 radical (unpaired) electrons. The SMILES string of the molecule is CC(C)C(C(=O)O)c1ccc(Cl)c(F)c1. The lowest BCUT2D eigenvalue weighted by Crippen LogP contribution is -2.17. The normalized spacial score (nSPS) is 12.9. The van der Waals surface area contributed by atoms with Gasteiger partial charge in [0.25, 0.3) is 0 Å². The summed E-state index contributed by atoms with van der Waals surface area (Å²) in [7, 11) is 0. The molecule has 1 aromatic rings. The molecule has 2 nitrogen and oxygen atoms in total. The molecule has 0 amide bonds. The third-order valence-electron chi connectivity index (χ3n) is 2.24. The van der Waals surface area contributed by atoms with E-state index in [4.69, 9.17) is 16.7 Å². The predicted octanol–water partition coefficient (Wildman–Crippen LogP) is 3.30. The molecule has 4 heteroatoms. The van der Waals surface area contributed by atoms with E-state index >= 15 is 0 Å². The number of hydrogen-bond acceptors (Lipinski definition) is 1. The van der Waals surface area contributed by atoms with Gasteiger partial charge in [0.2, 0.25) is 0 Å². The molecule has 15 heavy (non-hydrogen) atoms. The van der Waals surface area contributed by atoms with Crippen LogP contribution in [-0.4, -0.2) is 11.1 Å². The first kappa shape index (κ1) is 12.0. The summed E-state index contributed by atoms with van der Waals surface area (Å²) in [5, 5.41) is 9.01. The first-order chi connectivity index (χ1) is 6.93. The van der Waals surface area contributed by atoms with Gasteiger partial charge < -0.3 is 5.11 Å². The third-order valence-corrected chi connectivity index (χ3v) is 2.54. The maximum absolute atomic E-state index is 13.1. The number of rotatable bonds is 3. The fourth-order valence-corrected chi connectivity index (χ4v) is 1.64. The molecule has 1 rings (SSSR count). The van der Waals surface area contributed by atoms with Crippen LogP contribution in [0.1, 0.15) is 25.3 Å². The van der Waals surface area contributed by atoms with Gasteiger partial charge in [-0.05, 0) is 23.6 Å². The summed E-state index contributed by atoms with van der Waals surface area (Å²) in [5.74, 6) is -2.33. The summed E-state index contributed by atoms with van der Waals surface area (Å²) in [6.07, 6.45) is 0. The lowest BCUT2D eigenvalue weighted by molar-refractivity contribution is -0.139. The number of benzene rings is 1. The van der Waals surface area contributed by atoms with Crippen molar-refractivity contribution in [1.29, 1.82) is 0 Å². The molecule has 1 unspecified atom stereocenters. The Kier molecular flexibility index (Phi) is 3.69.